The summed E-state index contributed by atoms with van der Waals surface area (Å²) in [5.74, 6) is -0.392. The lowest BCUT2D eigenvalue weighted by Crippen LogP contribution is -2.59. The van der Waals surface area contributed by atoms with E-state index < -0.39 is 35.2 Å². The van der Waals surface area contributed by atoms with E-state index in [4.69, 9.17) is 0 Å². The third-order valence-corrected chi connectivity index (χ3v) is 16.2. The van der Waals surface area contributed by atoms with Crippen LogP contribution in [-0.4, -0.2) is 122 Å². The molecule has 1 aromatic heterocycles. The Morgan fingerprint density at radius 1 is 0.870 bits per heavy atom. The van der Waals surface area contributed by atoms with Crippen LogP contribution in [0.15, 0.2) is 54.7 Å². The molecule has 4 aliphatic heterocycles. The molecule has 7 rings (SSSR count). The molecule has 2 aromatic carbocycles. The number of amides is 5. The van der Waals surface area contributed by atoms with E-state index in [0.717, 1.165) is 48.1 Å². The van der Waals surface area contributed by atoms with Crippen LogP contribution in [0.3, 0.4) is 0 Å². The van der Waals surface area contributed by atoms with Gasteiger partial charge in [0.1, 0.15) is 11.3 Å². The molecule has 14 heteroatoms. The molecule has 0 radical (unpaired) electrons. The van der Waals surface area contributed by atoms with Crippen molar-refractivity contribution in [1.82, 2.24) is 29.9 Å². The predicted octanol–water partition coefficient (Wildman–Crippen LogP) is 6.03. The highest BCUT2D eigenvalue weighted by atomic mass is 32.2. The molecule has 12 nitrogen and oxygen atoms in total. The van der Waals surface area contributed by atoms with Gasteiger partial charge < -0.3 is 35.2 Å². The third-order valence-electron chi connectivity index (χ3n) is 12.0. The van der Waals surface area contributed by atoms with Crippen molar-refractivity contribution < 1.29 is 22.8 Å². The molecule has 0 spiro atoms. The topological polar surface area (TPSA) is 138 Å². The van der Waals surface area contributed by atoms with E-state index in [-0.39, 0.29) is 23.7 Å². The zero-order valence-electron chi connectivity index (χ0n) is 32.1. The van der Waals surface area contributed by atoms with E-state index in [1.54, 1.807) is 15.9 Å². The predicted molar refractivity (Wildman–Crippen MR) is 216 cm³/mol. The highest BCUT2D eigenvalue weighted by Gasteiger charge is 2.44. The van der Waals surface area contributed by atoms with Crippen molar-refractivity contribution in [3.05, 3.63) is 65.9 Å². The van der Waals surface area contributed by atoms with Crippen molar-refractivity contribution in [1.29, 1.82) is 0 Å². The number of hydrogen-bond donors (Lipinski definition) is 3. The molecular weight excluding hydrogens is 719 g/mol. The van der Waals surface area contributed by atoms with Gasteiger partial charge in [0.2, 0.25) is 5.91 Å². The number of likely N-dealkylation sites (tertiary alicyclic amines) is 3. The molecule has 54 heavy (non-hydrogen) atoms. The Bertz CT molecular complexity index is 1930. The number of urea groups is 2. The van der Waals surface area contributed by atoms with Gasteiger partial charge in [0.15, 0.2) is 9.84 Å². The minimum Gasteiger partial charge on any atom is -0.361 e. The lowest BCUT2D eigenvalue weighted by Gasteiger charge is -2.42. The minimum absolute atomic E-state index is 0.0520. The van der Waals surface area contributed by atoms with Gasteiger partial charge in [-0.15, -0.1) is 0 Å². The monoisotopic (exact) mass is 775 g/mol. The zero-order valence-corrected chi connectivity index (χ0v) is 33.9. The smallest absolute Gasteiger partial charge is 0.322 e. The summed E-state index contributed by atoms with van der Waals surface area (Å²) in [7, 11) is -5.70. The van der Waals surface area contributed by atoms with E-state index in [2.05, 4.69) is 40.2 Å². The van der Waals surface area contributed by atoms with Crippen molar-refractivity contribution in [2.24, 2.45) is 0 Å². The Balaban J connectivity index is 1.13. The summed E-state index contributed by atoms with van der Waals surface area (Å²) >= 11 is 0. The van der Waals surface area contributed by atoms with Crippen LogP contribution in [0.5, 0.6) is 0 Å². The molecule has 292 valence electrons. The highest BCUT2D eigenvalue weighted by molar-refractivity contribution is 7.91. The second-order valence-corrected chi connectivity index (χ2v) is 24.8. The van der Waals surface area contributed by atoms with Crippen molar-refractivity contribution >= 4 is 52.5 Å². The maximum Gasteiger partial charge on any atom is 0.322 e. The summed E-state index contributed by atoms with van der Waals surface area (Å²) in [4.78, 5) is 53.2. The molecule has 0 aliphatic carbocycles. The highest BCUT2D eigenvalue weighted by Crippen LogP contribution is 2.34. The number of rotatable bonds is 10. The number of H-pyrrole nitrogens is 1. The summed E-state index contributed by atoms with van der Waals surface area (Å²) in [5, 5.41) is 5.63. The first kappa shape index (κ1) is 38.4. The Kier molecular flexibility index (Phi) is 11.4. The maximum atomic E-state index is 14.8. The normalized spacial score (nSPS) is 20.7. The van der Waals surface area contributed by atoms with E-state index in [1.807, 2.05) is 53.6 Å². The van der Waals surface area contributed by atoms with Gasteiger partial charge in [-0.25, -0.2) is 18.0 Å². The van der Waals surface area contributed by atoms with Crippen LogP contribution in [0.1, 0.15) is 61.3 Å². The minimum atomic E-state index is -3.92. The Labute approximate surface area is 320 Å². The number of sulfone groups is 1. The van der Waals surface area contributed by atoms with Gasteiger partial charge in [-0.3, -0.25) is 4.79 Å². The summed E-state index contributed by atoms with van der Waals surface area (Å²) in [6.07, 6.45) is 8.29. The first-order valence-electron chi connectivity index (χ1n) is 19.9. The van der Waals surface area contributed by atoms with Crippen LogP contribution >= 0.6 is 0 Å². The first-order valence-corrected chi connectivity index (χ1v) is 25.3. The molecule has 2 atom stereocenters. The van der Waals surface area contributed by atoms with E-state index in [0.29, 0.717) is 63.2 Å². The van der Waals surface area contributed by atoms with Gasteiger partial charge in [-0.2, -0.15) is 0 Å². The van der Waals surface area contributed by atoms with Gasteiger partial charge in [-0.1, -0.05) is 50.3 Å². The summed E-state index contributed by atoms with van der Waals surface area (Å²) < 4.78 is 29.3. The number of para-hydroxylation sites is 1. The summed E-state index contributed by atoms with van der Waals surface area (Å²) in [6, 6.07) is 14.2. The Hall–Kier alpha value is -3.88. The van der Waals surface area contributed by atoms with Crippen LogP contribution in [0.4, 0.5) is 15.3 Å². The second-order valence-electron chi connectivity index (χ2n) is 16.9. The van der Waals surface area contributed by atoms with Crippen LogP contribution in [0, 0.1) is 0 Å². The second kappa shape index (κ2) is 16.1. The summed E-state index contributed by atoms with van der Waals surface area (Å²) in [6.45, 7) is 10.9. The molecule has 4 aliphatic rings. The zero-order chi connectivity index (χ0) is 38.0. The van der Waals surface area contributed by atoms with E-state index in [9.17, 15) is 22.8 Å². The number of aromatic amines is 1. The molecular formula is C40H57N7O5SSi. The van der Waals surface area contributed by atoms with Crippen molar-refractivity contribution in [3.8, 4) is 0 Å². The number of carbonyl (C=O) groups is 3. The number of nitrogens with one attached hydrogen (secondary N) is 3. The third kappa shape index (κ3) is 8.65. The molecule has 0 bridgehead atoms. The molecule has 5 heterocycles. The molecule has 3 N–H and O–H groups in total. The van der Waals surface area contributed by atoms with Gasteiger partial charge in [0.05, 0.1) is 0 Å². The number of benzene rings is 2. The van der Waals surface area contributed by atoms with Crippen molar-refractivity contribution in [2.45, 2.75) is 101 Å². The molecule has 3 aromatic rings. The largest absolute Gasteiger partial charge is 0.361 e. The first-order chi connectivity index (χ1) is 25.9. The fraction of sp³-hybridized carbons (Fsp3) is 0.575. The number of hydrogen-bond acceptors (Lipinski definition) is 6. The molecule has 3 saturated heterocycles. The SMILES string of the molecule is C[Si](C)(C)CCS(=O)(=O)C(c1ccc2[nH]ccc2c1)C(NC(=O)N1CCC(N2Cc3ccccc3NC2=O)CC1)C(=O)N1CCC(N2CCCCC2)CC1. The van der Waals surface area contributed by atoms with Crippen LogP contribution < -0.4 is 10.6 Å². The molecule has 5 amide bonds. The lowest BCUT2D eigenvalue weighted by atomic mass is 9.97. The average Bonchev–Trinajstić information content (AvgIpc) is 3.65. The number of carbonyl (C=O) groups excluding carboxylic acids is 3. The van der Waals surface area contributed by atoms with Gasteiger partial charge >= 0.3 is 12.1 Å². The van der Waals surface area contributed by atoms with Crippen molar-refractivity contribution in [3.63, 3.8) is 0 Å². The number of fused-ring (bicyclic) bond motifs is 2. The number of anilines is 1. The fourth-order valence-corrected chi connectivity index (χ4v) is 13.8. The maximum absolute atomic E-state index is 14.8. The standard InChI is InChI=1S/C40H57N7O5SSi/c1-54(2,3)26-25-53(51,52)37(30-11-12-34-29(27-30)13-18-41-34)36(38(48)45-21-14-32(15-22-45)44-19-7-4-8-20-44)43-39(49)46-23-16-33(17-24-46)47-28-31-9-5-6-10-35(31)42-40(47)50/h5-6,9-13,18,27,32-33,36-37,41H,4,7-8,14-17,19-26,28H2,1-3H3,(H,42,50)(H,43,49). The number of nitrogens with zero attached hydrogens (tertiary/aromatic N) is 4. The van der Waals surface area contributed by atoms with Crippen molar-refractivity contribution in [2.75, 3.05) is 50.3 Å². The Morgan fingerprint density at radius 2 is 1.56 bits per heavy atom. The summed E-state index contributed by atoms with van der Waals surface area (Å²) in [5.41, 5.74) is 3.26. The van der Waals surface area contributed by atoms with Crippen LogP contribution in [-0.2, 0) is 21.2 Å². The van der Waals surface area contributed by atoms with Crippen LogP contribution in [0.25, 0.3) is 10.9 Å². The Morgan fingerprint density at radius 3 is 2.28 bits per heavy atom. The van der Waals surface area contributed by atoms with Gasteiger partial charge in [0, 0.05) is 76.0 Å². The van der Waals surface area contributed by atoms with Gasteiger partial charge in [-0.05, 0) is 98.4 Å². The van der Waals surface area contributed by atoms with E-state index in [1.165, 1.54) is 19.3 Å². The lowest BCUT2D eigenvalue weighted by molar-refractivity contribution is -0.135. The fourth-order valence-electron chi connectivity index (χ4n) is 8.75. The van der Waals surface area contributed by atoms with Gasteiger partial charge in [0.25, 0.3) is 0 Å². The molecule has 2 unspecified atom stereocenters. The quantitative estimate of drug-likeness (QED) is 0.215. The molecule has 0 saturated carbocycles. The van der Waals surface area contributed by atoms with Crippen LogP contribution in [0.2, 0.25) is 25.7 Å². The van der Waals surface area contributed by atoms with E-state index >= 15 is 0 Å². The number of aromatic nitrogens is 1. The molecule has 3 fully saturated rings. The average molecular weight is 776 g/mol. The number of piperidine rings is 3.